The van der Waals surface area contributed by atoms with Crippen molar-refractivity contribution >= 4 is 5.91 Å². The van der Waals surface area contributed by atoms with Gasteiger partial charge in [-0.1, -0.05) is 0 Å². The molecule has 1 aromatic rings. The third-order valence-corrected chi connectivity index (χ3v) is 2.50. The van der Waals surface area contributed by atoms with Gasteiger partial charge in [-0.25, -0.2) is 0 Å². The minimum absolute atomic E-state index is 0.132. The fourth-order valence-corrected chi connectivity index (χ4v) is 1.31. The lowest BCUT2D eigenvalue weighted by atomic mass is 10.2. The number of rotatable bonds is 5. The van der Waals surface area contributed by atoms with Gasteiger partial charge in [-0.15, -0.1) is 0 Å². The molecule has 1 unspecified atom stereocenters. The highest BCUT2D eigenvalue weighted by atomic mass is 16.2. The Bertz CT molecular complexity index is 295. The second-order valence-electron chi connectivity index (χ2n) is 3.67. The lowest BCUT2D eigenvalue weighted by molar-refractivity contribution is -0.131. The summed E-state index contributed by atoms with van der Waals surface area (Å²) in [5.41, 5.74) is 1.16. The Labute approximate surface area is 90.7 Å². The van der Waals surface area contributed by atoms with Gasteiger partial charge < -0.3 is 15.2 Å². The number of carbonyl (C=O) groups is 1. The van der Waals surface area contributed by atoms with Crippen LogP contribution in [0.3, 0.4) is 0 Å². The molecule has 4 nitrogen and oxygen atoms in total. The first-order valence-electron chi connectivity index (χ1n) is 5.25. The maximum absolute atomic E-state index is 11.7. The Balaban J connectivity index is 2.35. The molecule has 0 aromatic carbocycles. The molecule has 0 radical (unpaired) electrons. The maximum atomic E-state index is 11.7. The summed E-state index contributed by atoms with van der Waals surface area (Å²) in [5.74, 6) is 0.132. The number of nitrogens with zero attached hydrogens (tertiary/aromatic N) is 1. The molecule has 4 heteroatoms. The van der Waals surface area contributed by atoms with Crippen molar-refractivity contribution in [3.05, 3.63) is 24.0 Å². The molecule has 0 bridgehead atoms. The van der Waals surface area contributed by atoms with E-state index in [4.69, 9.17) is 0 Å². The molecule has 0 fully saturated rings. The first kappa shape index (κ1) is 11.8. The average molecular weight is 209 g/mol. The van der Waals surface area contributed by atoms with Gasteiger partial charge in [0.1, 0.15) is 0 Å². The van der Waals surface area contributed by atoms with Gasteiger partial charge >= 0.3 is 0 Å². The van der Waals surface area contributed by atoms with E-state index in [0.717, 1.165) is 12.1 Å². The SMILES string of the molecule is CCN(C)C(=O)C(C)NCc1cc[nH]c1. The Hall–Kier alpha value is -1.29. The van der Waals surface area contributed by atoms with Gasteiger partial charge in [0.15, 0.2) is 0 Å². The van der Waals surface area contributed by atoms with Crippen LogP contribution in [0.15, 0.2) is 18.5 Å². The van der Waals surface area contributed by atoms with E-state index in [1.165, 1.54) is 0 Å². The van der Waals surface area contributed by atoms with Crippen LogP contribution >= 0.6 is 0 Å². The zero-order valence-electron chi connectivity index (χ0n) is 9.58. The highest BCUT2D eigenvalue weighted by Gasteiger charge is 2.15. The zero-order chi connectivity index (χ0) is 11.3. The molecule has 0 spiro atoms. The van der Waals surface area contributed by atoms with Crippen molar-refractivity contribution in [3.63, 3.8) is 0 Å². The zero-order valence-corrected chi connectivity index (χ0v) is 9.58. The van der Waals surface area contributed by atoms with E-state index in [2.05, 4.69) is 10.3 Å². The molecule has 15 heavy (non-hydrogen) atoms. The van der Waals surface area contributed by atoms with Crippen molar-refractivity contribution in [3.8, 4) is 0 Å². The van der Waals surface area contributed by atoms with E-state index < -0.39 is 0 Å². The number of nitrogens with one attached hydrogen (secondary N) is 2. The molecular weight excluding hydrogens is 190 g/mol. The first-order chi connectivity index (χ1) is 7.15. The molecule has 1 rings (SSSR count). The standard InChI is InChI=1S/C11H19N3O/c1-4-14(3)11(15)9(2)13-8-10-5-6-12-7-10/h5-7,9,12-13H,4,8H2,1-3H3. The molecule has 1 heterocycles. The Morgan fingerprint density at radius 3 is 2.93 bits per heavy atom. The quantitative estimate of drug-likeness (QED) is 0.759. The summed E-state index contributed by atoms with van der Waals surface area (Å²) < 4.78 is 0. The average Bonchev–Trinajstić information content (AvgIpc) is 2.76. The van der Waals surface area contributed by atoms with Crippen molar-refractivity contribution in [1.29, 1.82) is 0 Å². The van der Waals surface area contributed by atoms with E-state index >= 15 is 0 Å². The predicted molar refractivity (Wildman–Crippen MR) is 60.4 cm³/mol. The topological polar surface area (TPSA) is 48.1 Å². The van der Waals surface area contributed by atoms with Gasteiger partial charge in [-0.3, -0.25) is 4.79 Å². The van der Waals surface area contributed by atoms with E-state index in [9.17, 15) is 4.79 Å². The van der Waals surface area contributed by atoms with Gasteiger partial charge in [-0.05, 0) is 25.5 Å². The van der Waals surface area contributed by atoms with Crippen LogP contribution in [0, 0.1) is 0 Å². The molecule has 0 saturated carbocycles. The van der Waals surface area contributed by atoms with Gasteiger partial charge in [-0.2, -0.15) is 0 Å². The van der Waals surface area contributed by atoms with Gasteiger partial charge in [0, 0.05) is 32.5 Å². The minimum Gasteiger partial charge on any atom is -0.367 e. The molecule has 84 valence electrons. The lowest BCUT2D eigenvalue weighted by Crippen LogP contribution is -2.42. The van der Waals surface area contributed by atoms with Crippen LogP contribution in [0.25, 0.3) is 0 Å². The summed E-state index contributed by atoms with van der Waals surface area (Å²) in [5, 5.41) is 3.19. The van der Waals surface area contributed by atoms with Crippen molar-refractivity contribution in [2.75, 3.05) is 13.6 Å². The number of carbonyl (C=O) groups excluding carboxylic acids is 1. The fraction of sp³-hybridized carbons (Fsp3) is 0.545. The smallest absolute Gasteiger partial charge is 0.239 e. The number of hydrogen-bond donors (Lipinski definition) is 2. The summed E-state index contributed by atoms with van der Waals surface area (Å²) in [6.45, 7) is 5.32. The number of H-pyrrole nitrogens is 1. The molecule has 0 aliphatic heterocycles. The first-order valence-corrected chi connectivity index (χ1v) is 5.25. The largest absolute Gasteiger partial charge is 0.367 e. The second kappa shape index (κ2) is 5.56. The van der Waals surface area contributed by atoms with Crippen LogP contribution in [0.4, 0.5) is 0 Å². The van der Waals surface area contributed by atoms with E-state index in [0.29, 0.717) is 6.54 Å². The molecule has 2 N–H and O–H groups in total. The maximum Gasteiger partial charge on any atom is 0.239 e. The van der Waals surface area contributed by atoms with Gasteiger partial charge in [0.2, 0.25) is 5.91 Å². The normalized spacial score (nSPS) is 12.5. The van der Waals surface area contributed by atoms with Crippen LogP contribution in [0.2, 0.25) is 0 Å². The van der Waals surface area contributed by atoms with Crippen LogP contribution < -0.4 is 5.32 Å². The molecule has 1 amide bonds. The number of amides is 1. The summed E-state index contributed by atoms with van der Waals surface area (Å²) in [7, 11) is 1.82. The van der Waals surface area contributed by atoms with Crippen molar-refractivity contribution in [2.24, 2.45) is 0 Å². The summed E-state index contributed by atoms with van der Waals surface area (Å²) in [6, 6.07) is 1.86. The Morgan fingerprint density at radius 2 is 2.40 bits per heavy atom. The molecule has 0 aliphatic rings. The molecular formula is C11H19N3O. The Morgan fingerprint density at radius 1 is 1.67 bits per heavy atom. The minimum atomic E-state index is -0.134. The molecule has 0 aliphatic carbocycles. The highest BCUT2D eigenvalue weighted by molar-refractivity contribution is 5.81. The van der Waals surface area contributed by atoms with Crippen LogP contribution in [0.5, 0.6) is 0 Å². The second-order valence-corrected chi connectivity index (χ2v) is 3.67. The predicted octanol–water partition coefficient (Wildman–Crippen LogP) is 0.971. The van der Waals surface area contributed by atoms with Gasteiger partial charge in [0.05, 0.1) is 6.04 Å². The van der Waals surface area contributed by atoms with E-state index in [1.54, 1.807) is 4.90 Å². The molecule has 0 saturated heterocycles. The molecule has 1 atom stereocenters. The molecule has 1 aromatic heterocycles. The summed E-state index contributed by atoms with van der Waals surface area (Å²) >= 11 is 0. The number of aromatic amines is 1. The van der Waals surface area contributed by atoms with Gasteiger partial charge in [0.25, 0.3) is 0 Å². The van der Waals surface area contributed by atoms with Crippen molar-refractivity contribution in [1.82, 2.24) is 15.2 Å². The summed E-state index contributed by atoms with van der Waals surface area (Å²) in [4.78, 5) is 16.4. The Kier molecular flexibility index (Phi) is 4.37. The van der Waals surface area contributed by atoms with E-state index in [1.807, 2.05) is 39.4 Å². The lowest BCUT2D eigenvalue weighted by Gasteiger charge is -2.20. The fourth-order valence-electron chi connectivity index (χ4n) is 1.31. The van der Waals surface area contributed by atoms with E-state index in [-0.39, 0.29) is 11.9 Å². The third-order valence-electron chi connectivity index (χ3n) is 2.50. The highest BCUT2D eigenvalue weighted by Crippen LogP contribution is 1.98. The third kappa shape index (κ3) is 3.40. The number of likely N-dealkylation sites (N-methyl/N-ethyl adjacent to an activating group) is 1. The number of aromatic nitrogens is 1. The van der Waals surface area contributed by atoms with Crippen molar-refractivity contribution < 1.29 is 4.79 Å². The number of hydrogen-bond acceptors (Lipinski definition) is 2. The van der Waals surface area contributed by atoms with Crippen molar-refractivity contribution in [2.45, 2.75) is 26.4 Å². The van der Waals surface area contributed by atoms with Crippen LogP contribution in [-0.4, -0.2) is 35.4 Å². The van der Waals surface area contributed by atoms with Crippen LogP contribution in [-0.2, 0) is 11.3 Å². The van der Waals surface area contributed by atoms with Crippen LogP contribution in [0.1, 0.15) is 19.4 Å². The monoisotopic (exact) mass is 209 g/mol. The summed E-state index contributed by atoms with van der Waals surface area (Å²) in [6.07, 6.45) is 3.80.